The highest BCUT2D eigenvalue weighted by Crippen LogP contribution is 2.26. The molecule has 0 radical (unpaired) electrons. The van der Waals surface area contributed by atoms with Crippen molar-refractivity contribution in [1.29, 1.82) is 0 Å². The molecule has 0 saturated carbocycles. The first kappa shape index (κ1) is 15.7. The van der Waals surface area contributed by atoms with Gasteiger partial charge in [-0.2, -0.15) is 4.73 Å². The zero-order chi connectivity index (χ0) is 17.3. The number of hydrogen-bond donors (Lipinski definition) is 1. The van der Waals surface area contributed by atoms with E-state index in [1.54, 1.807) is 24.3 Å². The van der Waals surface area contributed by atoms with Gasteiger partial charge < -0.3 is 14.7 Å². The second-order valence-electron chi connectivity index (χ2n) is 4.80. The number of rotatable bonds is 4. The van der Waals surface area contributed by atoms with Gasteiger partial charge in [0.2, 0.25) is 0 Å². The molecule has 0 saturated heterocycles. The fraction of sp³-hybridized carbons (Fsp3) is 0.0625. The second-order valence-corrected chi connectivity index (χ2v) is 4.80. The van der Waals surface area contributed by atoms with Crippen molar-refractivity contribution in [1.82, 2.24) is 4.73 Å². The van der Waals surface area contributed by atoms with E-state index in [9.17, 15) is 23.1 Å². The Bertz CT molecular complexity index is 884. The Morgan fingerprint density at radius 2 is 1.62 bits per heavy atom. The monoisotopic (exact) mass is 337 g/mol. The Hall–Kier alpha value is -3.16. The van der Waals surface area contributed by atoms with Crippen LogP contribution in [0, 0.1) is 0 Å². The van der Waals surface area contributed by atoms with E-state index in [1.165, 1.54) is 23.1 Å². The fourth-order valence-electron chi connectivity index (χ4n) is 2.21. The lowest BCUT2D eigenvalue weighted by Gasteiger charge is -2.10. The maximum absolute atomic E-state index is 12.1. The SMILES string of the molecule is O=C(O)c1cn(Oc2ccc(OC(F)(F)F)cc2)c2ccccc12. The van der Waals surface area contributed by atoms with E-state index in [0.29, 0.717) is 10.9 Å². The highest BCUT2D eigenvalue weighted by atomic mass is 19.4. The molecule has 0 aliphatic heterocycles. The van der Waals surface area contributed by atoms with E-state index in [-0.39, 0.29) is 17.1 Å². The Kier molecular flexibility index (Phi) is 3.80. The van der Waals surface area contributed by atoms with Crippen molar-refractivity contribution in [3.8, 4) is 11.5 Å². The van der Waals surface area contributed by atoms with Crippen LogP contribution in [-0.2, 0) is 0 Å². The summed E-state index contributed by atoms with van der Waals surface area (Å²) in [5.41, 5.74) is 0.577. The number of ether oxygens (including phenoxy) is 1. The molecule has 0 aliphatic carbocycles. The van der Waals surface area contributed by atoms with Crippen LogP contribution in [0.1, 0.15) is 10.4 Å². The third-order valence-electron chi connectivity index (χ3n) is 3.17. The summed E-state index contributed by atoms with van der Waals surface area (Å²) in [5.74, 6) is -1.26. The summed E-state index contributed by atoms with van der Waals surface area (Å²) < 4.78 is 41.4. The molecule has 1 N–H and O–H groups in total. The first-order chi connectivity index (χ1) is 11.3. The third-order valence-corrected chi connectivity index (χ3v) is 3.17. The number of aromatic carboxylic acids is 1. The predicted molar refractivity (Wildman–Crippen MR) is 78.0 cm³/mol. The first-order valence-corrected chi connectivity index (χ1v) is 6.71. The quantitative estimate of drug-likeness (QED) is 0.779. The number of para-hydroxylation sites is 1. The predicted octanol–water partition coefficient (Wildman–Crippen LogP) is 4.08. The van der Waals surface area contributed by atoms with Crippen LogP contribution in [-0.4, -0.2) is 22.2 Å². The van der Waals surface area contributed by atoms with E-state index in [2.05, 4.69) is 4.74 Å². The van der Waals surface area contributed by atoms with Crippen molar-refractivity contribution >= 4 is 16.9 Å². The molecular weight excluding hydrogens is 327 g/mol. The Morgan fingerprint density at radius 3 is 2.25 bits per heavy atom. The molecule has 124 valence electrons. The summed E-state index contributed by atoms with van der Waals surface area (Å²) in [6, 6.07) is 11.5. The largest absolute Gasteiger partial charge is 0.573 e. The fourth-order valence-corrected chi connectivity index (χ4v) is 2.21. The standard InChI is InChI=1S/C16H10F3NO4/c17-16(18,19)23-10-5-7-11(8-6-10)24-20-9-13(15(21)22)12-3-1-2-4-14(12)20/h1-9H,(H,21,22). The normalized spacial score (nSPS) is 11.5. The maximum atomic E-state index is 12.1. The third kappa shape index (κ3) is 3.27. The molecule has 0 atom stereocenters. The minimum atomic E-state index is -4.77. The topological polar surface area (TPSA) is 60.7 Å². The van der Waals surface area contributed by atoms with Gasteiger partial charge >= 0.3 is 12.3 Å². The lowest BCUT2D eigenvalue weighted by atomic mass is 10.2. The lowest BCUT2D eigenvalue weighted by Crippen LogP contribution is -2.17. The van der Waals surface area contributed by atoms with Crippen LogP contribution in [0.15, 0.2) is 54.7 Å². The van der Waals surface area contributed by atoms with Crippen LogP contribution in [0.2, 0.25) is 0 Å². The molecule has 1 heterocycles. The van der Waals surface area contributed by atoms with E-state index in [4.69, 9.17) is 4.84 Å². The van der Waals surface area contributed by atoms with Crippen LogP contribution in [0.25, 0.3) is 10.9 Å². The molecule has 1 aromatic heterocycles. The Labute approximate surface area is 133 Å². The number of halogens is 3. The number of hydrogen-bond acceptors (Lipinski definition) is 3. The number of carboxylic acids is 1. The molecule has 8 heteroatoms. The van der Waals surface area contributed by atoms with Crippen molar-refractivity contribution in [3.63, 3.8) is 0 Å². The number of aromatic nitrogens is 1. The number of carbonyl (C=O) groups is 1. The minimum Gasteiger partial charge on any atom is -0.478 e. The van der Waals surface area contributed by atoms with Crippen LogP contribution >= 0.6 is 0 Å². The molecule has 2 aromatic carbocycles. The average Bonchev–Trinajstić information content (AvgIpc) is 2.87. The van der Waals surface area contributed by atoms with Crippen molar-refractivity contribution < 1.29 is 32.6 Å². The molecule has 0 fully saturated rings. The molecule has 0 unspecified atom stereocenters. The lowest BCUT2D eigenvalue weighted by molar-refractivity contribution is -0.274. The zero-order valence-electron chi connectivity index (χ0n) is 11.9. The summed E-state index contributed by atoms with van der Waals surface area (Å²) in [5, 5.41) is 9.70. The highest BCUT2D eigenvalue weighted by Gasteiger charge is 2.31. The van der Waals surface area contributed by atoms with Gasteiger partial charge in [-0.05, 0) is 30.3 Å². The summed E-state index contributed by atoms with van der Waals surface area (Å²) >= 11 is 0. The highest BCUT2D eigenvalue weighted by molar-refractivity contribution is 6.03. The van der Waals surface area contributed by atoms with Crippen molar-refractivity contribution in [2.45, 2.75) is 6.36 Å². The minimum absolute atomic E-state index is 0.0580. The maximum Gasteiger partial charge on any atom is 0.573 e. The van der Waals surface area contributed by atoms with Gasteiger partial charge in [-0.15, -0.1) is 13.2 Å². The number of fused-ring (bicyclic) bond motifs is 1. The van der Waals surface area contributed by atoms with Gasteiger partial charge in [0, 0.05) is 5.39 Å². The Morgan fingerprint density at radius 1 is 1.00 bits per heavy atom. The molecule has 0 amide bonds. The number of nitrogens with zero attached hydrogens (tertiary/aromatic N) is 1. The molecule has 0 bridgehead atoms. The van der Waals surface area contributed by atoms with Crippen LogP contribution in [0.3, 0.4) is 0 Å². The summed E-state index contributed by atoms with van der Waals surface area (Å²) in [6.45, 7) is 0. The van der Waals surface area contributed by atoms with Gasteiger partial charge in [-0.25, -0.2) is 4.79 Å². The van der Waals surface area contributed by atoms with Crippen LogP contribution < -0.4 is 9.57 Å². The summed E-state index contributed by atoms with van der Waals surface area (Å²) in [7, 11) is 0. The second kappa shape index (κ2) is 5.80. The van der Waals surface area contributed by atoms with Crippen LogP contribution in [0.4, 0.5) is 13.2 Å². The van der Waals surface area contributed by atoms with E-state index in [1.807, 2.05) is 0 Å². The molecule has 0 aliphatic rings. The average molecular weight is 337 g/mol. The molecule has 5 nitrogen and oxygen atoms in total. The van der Waals surface area contributed by atoms with Gasteiger partial charge in [0.15, 0.2) is 5.75 Å². The van der Waals surface area contributed by atoms with E-state index >= 15 is 0 Å². The van der Waals surface area contributed by atoms with Gasteiger partial charge in [-0.1, -0.05) is 18.2 Å². The van der Waals surface area contributed by atoms with Gasteiger partial charge in [0.25, 0.3) is 0 Å². The Balaban J connectivity index is 1.89. The number of benzene rings is 2. The van der Waals surface area contributed by atoms with E-state index < -0.39 is 12.3 Å². The summed E-state index contributed by atoms with van der Waals surface area (Å²) in [6.07, 6.45) is -3.47. The van der Waals surface area contributed by atoms with Gasteiger partial charge in [0.1, 0.15) is 5.75 Å². The number of carboxylic acid groups (broad SMARTS) is 1. The van der Waals surface area contributed by atoms with Gasteiger partial charge in [0.05, 0.1) is 17.3 Å². The molecule has 3 aromatic rings. The molecule has 3 rings (SSSR count). The first-order valence-electron chi connectivity index (χ1n) is 6.71. The molecule has 0 spiro atoms. The smallest absolute Gasteiger partial charge is 0.478 e. The molecule has 24 heavy (non-hydrogen) atoms. The number of alkyl halides is 3. The summed E-state index contributed by atoms with van der Waals surface area (Å²) in [4.78, 5) is 16.8. The van der Waals surface area contributed by atoms with Crippen molar-refractivity contribution in [3.05, 3.63) is 60.3 Å². The molecular formula is C16H10F3NO4. The van der Waals surface area contributed by atoms with Gasteiger partial charge in [-0.3, -0.25) is 0 Å². The van der Waals surface area contributed by atoms with E-state index in [0.717, 1.165) is 12.1 Å². The van der Waals surface area contributed by atoms with Crippen molar-refractivity contribution in [2.75, 3.05) is 0 Å². The van der Waals surface area contributed by atoms with Crippen molar-refractivity contribution in [2.24, 2.45) is 0 Å². The zero-order valence-corrected chi connectivity index (χ0v) is 11.9. The van der Waals surface area contributed by atoms with Crippen LogP contribution in [0.5, 0.6) is 11.5 Å².